The first-order chi connectivity index (χ1) is 12.3. The van der Waals surface area contributed by atoms with E-state index in [2.05, 4.69) is 19.2 Å². The van der Waals surface area contributed by atoms with Crippen LogP contribution < -0.4 is 5.32 Å². The van der Waals surface area contributed by atoms with Crippen molar-refractivity contribution >= 4 is 11.8 Å². The number of benzene rings is 1. The van der Waals surface area contributed by atoms with E-state index in [0.717, 1.165) is 31.5 Å². The maximum Gasteiger partial charge on any atom is 0.242 e. The van der Waals surface area contributed by atoms with Gasteiger partial charge < -0.3 is 10.2 Å². The molecule has 1 saturated heterocycles. The van der Waals surface area contributed by atoms with Gasteiger partial charge in [0, 0.05) is 25.6 Å². The van der Waals surface area contributed by atoms with Crippen LogP contribution in [0, 0.1) is 12.8 Å². The normalized spacial score (nSPS) is 16.8. The van der Waals surface area contributed by atoms with Crippen molar-refractivity contribution in [1.82, 2.24) is 15.1 Å². The number of carbonyl (C=O) groups is 2. The number of hydrogen-bond acceptors (Lipinski definition) is 3. The highest BCUT2D eigenvalue weighted by Crippen LogP contribution is 2.21. The minimum atomic E-state index is -0.295. The number of hydrogen-bond donors (Lipinski definition) is 1. The van der Waals surface area contributed by atoms with Crippen molar-refractivity contribution < 1.29 is 9.59 Å². The quantitative estimate of drug-likeness (QED) is 0.850. The Hall–Kier alpha value is -1.88. The van der Waals surface area contributed by atoms with Crippen LogP contribution in [-0.4, -0.2) is 54.8 Å². The van der Waals surface area contributed by atoms with Crippen molar-refractivity contribution in [2.45, 2.75) is 52.1 Å². The highest BCUT2D eigenvalue weighted by atomic mass is 16.2. The summed E-state index contributed by atoms with van der Waals surface area (Å²) in [6, 6.07) is 7.96. The predicted octanol–water partition coefficient (Wildman–Crippen LogP) is 2.75. The molecule has 1 aromatic carbocycles. The second kappa shape index (κ2) is 9.17. The second-order valence-corrected chi connectivity index (χ2v) is 8.04. The zero-order chi connectivity index (χ0) is 19.3. The number of piperidine rings is 1. The van der Waals surface area contributed by atoms with E-state index in [1.54, 1.807) is 0 Å². The third-order valence-electron chi connectivity index (χ3n) is 4.93. The average molecular weight is 360 g/mol. The van der Waals surface area contributed by atoms with Crippen molar-refractivity contribution in [2.24, 2.45) is 5.92 Å². The number of carbonyl (C=O) groups excluding carboxylic acids is 2. The molecule has 1 aromatic rings. The maximum atomic E-state index is 12.9. The number of amides is 2. The highest BCUT2D eigenvalue weighted by molar-refractivity contribution is 5.83. The Balaban J connectivity index is 1.92. The standard InChI is InChI=1S/C21H33N3O2/c1-15(2)14-19(25)24-12-10-18(11-13-24)22-21(26)20(23(4)5)17-8-6-16(3)7-9-17/h6-9,15,18,20H,10-14H2,1-5H3,(H,22,26)/t20-/m1/s1. The zero-order valence-electron chi connectivity index (χ0n) is 16.8. The largest absolute Gasteiger partial charge is 0.352 e. The molecule has 0 unspecified atom stereocenters. The van der Waals surface area contributed by atoms with E-state index >= 15 is 0 Å². The molecule has 0 bridgehead atoms. The van der Waals surface area contributed by atoms with Gasteiger partial charge in [0.15, 0.2) is 0 Å². The van der Waals surface area contributed by atoms with E-state index in [9.17, 15) is 9.59 Å². The van der Waals surface area contributed by atoms with Crippen LogP contribution in [0.1, 0.15) is 50.3 Å². The average Bonchev–Trinajstić information content (AvgIpc) is 2.56. The molecule has 0 aliphatic carbocycles. The van der Waals surface area contributed by atoms with Gasteiger partial charge in [0.2, 0.25) is 11.8 Å². The Morgan fingerprint density at radius 3 is 2.23 bits per heavy atom. The third kappa shape index (κ3) is 5.56. The van der Waals surface area contributed by atoms with Gasteiger partial charge in [-0.3, -0.25) is 14.5 Å². The third-order valence-corrected chi connectivity index (χ3v) is 4.93. The van der Waals surface area contributed by atoms with Gasteiger partial charge in [0.1, 0.15) is 6.04 Å². The fourth-order valence-electron chi connectivity index (χ4n) is 3.46. The summed E-state index contributed by atoms with van der Waals surface area (Å²) in [6.07, 6.45) is 2.25. The van der Waals surface area contributed by atoms with Crippen molar-refractivity contribution in [3.63, 3.8) is 0 Å². The Morgan fingerprint density at radius 1 is 1.15 bits per heavy atom. The number of nitrogens with one attached hydrogen (secondary N) is 1. The van der Waals surface area contributed by atoms with Gasteiger partial charge in [-0.05, 0) is 45.3 Å². The van der Waals surface area contributed by atoms with Crippen LogP contribution in [0.4, 0.5) is 0 Å². The monoisotopic (exact) mass is 359 g/mol. The molecule has 1 N–H and O–H groups in total. The fraction of sp³-hybridized carbons (Fsp3) is 0.619. The van der Waals surface area contributed by atoms with Crippen LogP contribution in [0.15, 0.2) is 24.3 Å². The Kier molecular flexibility index (Phi) is 7.21. The molecule has 26 heavy (non-hydrogen) atoms. The first kappa shape index (κ1) is 20.4. The molecule has 0 aromatic heterocycles. The van der Waals surface area contributed by atoms with Gasteiger partial charge in [-0.1, -0.05) is 43.7 Å². The lowest BCUT2D eigenvalue weighted by Crippen LogP contribution is -2.49. The summed E-state index contributed by atoms with van der Waals surface area (Å²) in [4.78, 5) is 28.9. The summed E-state index contributed by atoms with van der Waals surface area (Å²) in [7, 11) is 3.86. The van der Waals surface area contributed by atoms with Gasteiger partial charge in [-0.2, -0.15) is 0 Å². The van der Waals surface area contributed by atoms with Gasteiger partial charge in [0.05, 0.1) is 0 Å². The smallest absolute Gasteiger partial charge is 0.242 e. The molecule has 0 spiro atoms. The fourth-order valence-corrected chi connectivity index (χ4v) is 3.46. The zero-order valence-corrected chi connectivity index (χ0v) is 16.8. The van der Waals surface area contributed by atoms with Crippen LogP contribution in [-0.2, 0) is 9.59 Å². The van der Waals surface area contributed by atoms with Crippen LogP contribution in [0.5, 0.6) is 0 Å². The predicted molar refractivity (Wildman–Crippen MR) is 105 cm³/mol. The van der Waals surface area contributed by atoms with Crippen molar-refractivity contribution in [1.29, 1.82) is 0 Å². The summed E-state index contributed by atoms with van der Waals surface area (Å²) in [6.45, 7) is 7.64. The maximum absolute atomic E-state index is 12.9. The first-order valence-electron chi connectivity index (χ1n) is 9.59. The Morgan fingerprint density at radius 2 is 1.73 bits per heavy atom. The molecular weight excluding hydrogens is 326 g/mol. The molecule has 5 nitrogen and oxygen atoms in total. The van der Waals surface area contributed by atoms with Gasteiger partial charge in [-0.25, -0.2) is 0 Å². The molecule has 144 valence electrons. The van der Waals surface area contributed by atoms with Gasteiger partial charge in [0.25, 0.3) is 0 Å². The van der Waals surface area contributed by atoms with E-state index in [-0.39, 0.29) is 23.9 Å². The molecule has 1 heterocycles. The minimum Gasteiger partial charge on any atom is -0.352 e. The lowest BCUT2D eigenvalue weighted by atomic mass is 10.0. The molecular formula is C21H33N3O2. The van der Waals surface area contributed by atoms with E-state index in [1.165, 1.54) is 5.56 Å². The van der Waals surface area contributed by atoms with E-state index in [4.69, 9.17) is 0 Å². The van der Waals surface area contributed by atoms with Crippen molar-refractivity contribution in [2.75, 3.05) is 27.2 Å². The number of aryl methyl sites for hydroxylation is 1. The summed E-state index contributed by atoms with van der Waals surface area (Å²) >= 11 is 0. The van der Waals surface area contributed by atoms with Gasteiger partial charge in [-0.15, -0.1) is 0 Å². The van der Waals surface area contributed by atoms with E-state index < -0.39 is 0 Å². The molecule has 1 aliphatic heterocycles. The number of nitrogens with zero attached hydrogens (tertiary/aromatic N) is 2. The van der Waals surface area contributed by atoms with E-state index in [0.29, 0.717) is 12.3 Å². The molecule has 1 atom stereocenters. The number of rotatable bonds is 6. The van der Waals surface area contributed by atoms with Crippen molar-refractivity contribution in [3.05, 3.63) is 35.4 Å². The molecule has 2 amide bonds. The second-order valence-electron chi connectivity index (χ2n) is 8.04. The topological polar surface area (TPSA) is 52.7 Å². The molecule has 1 aliphatic rings. The molecule has 2 rings (SSSR count). The van der Waals surface area contributed by atoms with E-state index in [1.807, 2.05) is 55.1 Å². The first-order valence-corrected chi connectivity index (χ1v) is 9.59. The summed E-state index contributed by atoms with van der Waals surface area (Å²) in [5, 5.41) is 3.20. The molecule has 5 heteroatoms. The van der Waals surface area contributed by atoms with Crippen LogP contribution >= 0.6 is 0 Å². The Bertz CT molecular complexity index is 602. The Labute approximate surface area is 157 Å². The van der Waals surface area contributed by atoms with Crippen LogP contribution in [0.3, 0.4) is 0 Å². The van der Waals surface area contributed by atoms with Gasteiger partial charge >= 0.3 is 0 Å². The van der Waals surface area contributed by atoms with Crippen LogP contribution in [0.25, 0.3) is 0 Å². The molecule has 0 saturated carbocycles. The lowest BCUT2D eigenvalue weighted by Gasteiger charge is -2.34. The lowest BCUT2D eigenvalue weighted by molar-refractivity contribution is -0.133. The number of likely N-dealkylation sites (N-methyl/N-ethyl adjacent to an activating group) is 1. The van der Waals surface area contributed by atoms with Crippen LogP contribution in [0.2, 0.25) is 0 Å². The number of likely N-dealkylation sites (tertiary alicyclic amines) is 1. The molecule has 0 radical (unpaired) electrons. The minimum absolute atomic E-state index is 0.0332. The molecule has 1 fully saturated rings. The summed E-state index contributed by atoms with van der Waals surface area (Å²) in [5.41, 5.74) is 2.19. The highest BCUT2D eigenvalue weighted by Gasteiger charge is 2.28. The van der Waals surface area contributed by atoms with Crippen molar-refractivity contribution in [3.8, 4) is 0 Å². The summed E-state index contributed by atoms with van der Waals surface area (Å²) in [5.74, 6) is 0.650. The summed E-state index contributed by atoms with van der Waals surface area (Å²) < 4.78 is 0. The SMILES string of the molecule is Cc1ccc([C@H](C(=O)NC2CCN(C(=O)CC(C)C)CC2)N(C)C)cc1.